The zero-order valence-electron chi connectivity index (χ0n) is 27.1. The van der Waals surface area contributed by atoms with Crippen LogP contribution in [0.3, 0.4) is 0 Å². The van der Waals surface area contributed by atoms with Crippen molar-refractivity contribution < 1.29 is 22.7 Å². The molecule has 0 aromatic heterocycles. The molecule has 0 aliphatic heterocycles. The van der Waals surface area contributed by atoms with Gasteiger partial charge in [-0.15, -0.1) is 0 Å². The zero-order chi connectivity index (χ0) is 33.3. The lowest BCUT2D eigenvalue weighted by atomic mass is 10.0. The molecule has 2 amide bonds. The largest absolute Gasteiger partial charge is 0.497 e. The number of carbonyl (C=O) groups is 2. The average molecular weight is 642 g/mol. The summed E-state index contributed by atoms with van der Waals surface area (Å²) in [6, 6.07) is 29.5. The van der Waals surface area contributed by atoms with Gasteiger partial charge in [-0.25, -0.2) is 8.42 Å². The molecule has 0 saturated carbocycles. The second-order valence-corrected chi connectivity index (χ2v) is 13.7. The Bertz CT molecular complexity index is 1720. The maximum Gasteiger partial charge on any atom is 0.264 e. The van der Waals surface area contributed by atoms with Crippen molar-refractivity contribution in [1.29, 1.82) is 0 Å². The summed E-state index contributed by atoms with van der Waals surface area (Å²) in [7, 11) is -2.60. The topological polar surface area (TPSA) is 96.0 Å². The van der Waals surface area contributed by atoms with E-state index in [4.69, 9.17) is 4.74 Å². The molecule has 9 heteroatoms. The number of benzene rings is 4. The van der Waals surface area contributed by atoms with Crippen LogP contribution in [0.2, 0.25) is 0 Å². The third kappa shape index (κ3) is 8.75. The zero-order valence-corrected chi connectivity index (χ0v) is 28.0. The van der Waals surface area contributed by atoms with E-state index in [0.717, 1.165) is 21.0 Å². The lowest BCUT2D eigenvalue weighted by Gasteiger charge is -2.34. The molecule has 1 unspecified atom stereocenters. The third-order valence-corrected chi connectivity index (χ3v) is 9.49. The van der Waals surface area contributed by atoms with Gasteiger partial charge in [-0.1, -0.05) is 92.2 Å². The van der Waals surface area contributed by atoms with Gasteiger partial charge in [0, 0.05) is 19.5 Å². The van der Waals surface area contributed by atoms with Crippen LogP contribution in [0.15, 0.2) is 108 Å². The van der Waals surface area contributed by atoms with Gasteiger partial charge in [0.15, 0.2) is 0 Å². The van der Waals surface area contributed by atoms with E-state index < -0.39 is 28.5 Å². The number of carbonyl (C=O) groups excluding carboxylic acids is 2. The van der Waals surface area contributed by atoms with Crippen molar-refractivity contribution in [3.8, 4) is 5.75 Å². The minimum absolute atomic E-state index is 0.0643. The molecule has 0 bridgehead atoms. The number of rotatable bonds is 14. The molecule has 0 heterocycles. The molecule has 4 rings (SSSR count). The number of anilines is 1. The molecule has 8 nitrogen and oxygen atoms in total. The first kappa shape index (κ1) is 34.2. The highest BCUT2D eigenvalue weighted by molar-refractivity contribution is 7.92. The van der Waals surface area contributed by atoms with Gasteiger partial charge in [-0.3, -0.25) is 13.9 Å². The molecule has 242 valence electrons. The molecule has 4 aromatic rings. The molecule has 0 radical (unpaired) electrons. The van der Waals surface area contributed by atoms with E-state index >= 15 is 0 Å². The second-order valence-electron chi connectivity index (χ2n) is 11.8. The van der Waals surface area contributed by atoms with E-state index in [-0.39, 0.29) is 29.7 Å². The highest BCUT2D eigenvalue weighted by atomic mass is 32.2. The highest BCUT2D eigenvalue weighted by Gasteiger charge is 2.35. The fraction of sp³-hybridized carbons (Fsp3) is 0.297. The number of hydrogen-bond donors (Lipinski definition) is 1. The van der Waals surface area contributed by atoms with E-state index in [2.05, 4.69) is 5.32 Å². The summed E-state index contributed by atoms with van der Waals surface area (Å²) in [5.41, 5.74) is 3.62. The Morgan fingerprint density at radius 3 is 2.13 bits per heavy atom. The average Bonchev–Trinajstić information content (AvgIpc) is 3.05. The van der Waals surface area contributed by atoms with Gasteiger partial charge in [-0.05, 0) is 66.8 Å². The Morgan fingerprint density at radius 1 is 0.826 bits per heavy atom. The third-order valence-electron chi connectivity index (χ3n) is 7.71. The summed E-state index contributed by atoms with van der Waals surface area (Å²) >= 11 is 0. The van der Waals surface area contributed by atoms with Gasteiger partial charge in [0.1, 0.15) is 18.3 Å². The van der Waals surface area contributed by atoms with Gasteiger partial charge < -0.3 is 15.0 Å². The van der Waals surface area contributed by atoms with Gasteiger partial charge >= 0.3 is 0 Å². The summed E-state index contributed by atoms with van der Waals surface area (Å²) in [5.74, 6) is -0.0164. The predicted octanol–water partition coefficient (Wildman–Crippen LogP) is 5.92. The van der Waals surface area contributed by atoms with Crippen LogP contribution in [-0.4, -0.2) is 51.4 Å². The molecule has 0 fully saturated rings. The van der Waals surface area contributed by atoms with E-state index in [0.29, 0.717) is 23.5 Å². The minimum atomic E-state index is -4.17. The van der Waals surface area contributed by atoms with Crippen LogP contribution in [0.5, 0.6) is 5.75 Å². The van der Waals surface area contributed by atoms with Crippen molar-refractivity contribution in [3.05, 3.63) is 125 Å². The monoisotopic (exact) mass is 641 g/mol. The number of methoxy groups -OCH3 is 1. The number of aryl methyl sites for hydroxylation is 2. The molecular formula is C37H43N3O5S. The standard InChI is InChI=1S/C37H43N3O5S/c1-27(2)24-38-37(42)35(23-30-13-7-6-8-14-30)39(25-31-15-11-16-32(22-31)45-5)36(41)26-40(34-17-10-9-12-29(34)4)46(43,44)33-20-18-28(3)19-21-33/h6-22,27,35H,23-26H2,1-5H3,(H,38,42). The van der Waals surface area contributed by atoms with Gasteiger partial charge in [0.25, 0.3) is 10.0 Å². The summed E-state index contributed by atoms with van der Waals surface area (Å²) < 4.78 is 35.0. The van der Waals surface area contributed by atoms with Gasteiger partial charge in [0.2, 0.25) is 11.8 Å². The first-order valence-corrected chi connectivity index (χ1v) is 16.8. The fourth-order valence-electron chi connectivity index (χ4n) is 5.14. The Kier molecular flexibility index (Phi) is 11.6. The summed E-state index contributed by atoms with van der Waals surface area (Å²) in [4.78, 5) is 30.1. The van der Waals surface area contributed by atoms with Crippen LogP contribution >= 0.6 is 0 Å². The smallest absolute Gasteiger partial charge is 0.264 e. The molecular weight excluding hydrogens is 598 g/mol. The minimum Gasteiger partial charge on any atom is -0.497 e. The molecule has 0 aliphatic carbocycles. The Balaban J connectivity index is 1.82. The number of ether oxygens (including phenoxy) is 1. The number of amides is 2. The van der Waals surface area contributed by atoms with Crippen molar-refractivity contribution in [2.24, 2.45) is 5.92 Å². The van der Waals surface area contributed by atoms with Crippen molar-refractivity contribution in [3.63, 3.8) is 0 Å². The summed E-state index contributed by atoms with van der Waals surface area (Å²) in [6.07, 6.45) is 0.246. The van der Waals surface area contributed by atoms with Crippen LogP contribution in [0.4, 0.5) is 5.69 Å². The number of nitrogens with zero attached hydrogens (tertiary/aromatic N) is 2. The van der Waals surface area contributed by atoms with E-state index in [1.165, 1.54) is 4.90 Å². The van der Waals surface area contributed by atoms with E-state index in [9.17, 15) is 18.0 Å². The molecule has 1 N–H and O–H groups in total. The van der Waals surface area contributed by atoms with Crippen molar-refractivity contribution in [2.75, 3.05) is 24.5 Å². The molecule has 0 aliphatic rings. The predicted molar refractivity (Wildman–Crippen MR) is 182 cm³/mol. The number of para-hydroxylation sites is 1. The molecule has 46 heavy (non-hydrogen) atoms. The Hall–Kier alpha value is -4.63. The molecule has 0 spiro atoms. The van der Waals surface area contributed by atoms with Gasteiger partial charge in [0.05, 0.1) is 17.7 Å². The maximum absolute atomic E-state index is 14.6. The van der Waals surface area contributed by atoms with Gasteiger partial charge in [-0.2, -0.15) is 0 Å². The fourth-order valence-corrected chi connectivity index (χ4v) is 6.62. The van der Waals surface area contributed by atoms with E-state index in [1.54, 1.807) is 49.6 Å². The number of nitrogens with one attached hydrogen (secondary N) is 1. The highest BCUT2D eigenvalue weighted by Crippen LogP contribution is 2.28. The first-order chi connectivity index (χ1) is 22.0. The Morgan fingerprint density at radius 2 is 1.48 bits per heavy atom. The number of hydrogen-bond acceptors (Lipinski definition) is 5. The van der Waals surface area contributed by atoms with Crippen molar-refractivity contribution in [2.45, 2.75) is 51.6 Å². The van der Waals surface area contributed by atoms with Crippen molar-refractivity contribution >= 4 is 27.5 Å². The lowest BCUT2D eigenvalue weighted by molar-refractivity contribution is -0.140. The molecule has 0 saturated heterocycles. The van der Waals surface area contributed by atoms with Crippen molar-refractivity contribution in [1.82, 2.24) is 10.2 Å². The van der Waals surface area contributed by atoms with Crippen LogP contribution in [0, 0.1) is 19.8 Å². The summed E-state index contributed by atoms with van der Waals surface area (Å²) in [6.45, 7) is 7.68. The SMILES string of the molecule is COc1cccc(CN(C(=O)CN(c2ccccc2C)S(=O)(=O)c2ccc(C)cc2)C(Cc2ccccc2)C(=O)NCC(C)C)c1. The molecule has 1 atom stereocenters. The number of sulfonamides is 1. The van der Waals surface area contributed by atoms with Crippen LogP contribution < -0.4 is 14.4 Å². The lowest BCUT2D eigenvalue weighted by Crippen LogP contribution is -2.53. The quantitative estimate of drug-likeness (QED) is 0.185. The van der Waals surface area contributed by atoms with Crippen LogP contribution in [-0.2, 0) is 32.6 Å². The molecule has 4 aromatic carbocycles. The normalized spacial score (nSPS) is 12.0. The first-order valence-electron chi connectivity index (χ1n) is 15.4. The maximum atomic E-state index is 14.6. The van der Waals surface area contributed by atoms with E-state index in [1.807, 2.05) is 88.4 Å². The van der Waals surface area contributed by atoms with Crippen LogP contribution in [0.25, 0.3) is 0 Å². The Labute approximate surface area is 273 Å². The summed E-state index contributed by atoms with van der Waals surface area (Å²) in [5, 5.41) is 3.01. The van der Waals surface area contributed by atoms with Crippen LogP contribution in [0.1, 0.15) is 36.1 Å². The second kappa shape index (κ2) is 15.6.